The lowest BCUT2D eigenvalue weighted by molar-refractivity contribution is -0.133. The number of thioether (sulfide) groups is 1. The van der Waals surface area contributed by atoms with Crippen molar-refractivity contribution in [1.82, 2.24) is 25.1 Å². The summed E-state index contributed by atoms with van der Waals surface area (Å²) in [6.07, 6.45) is 5.05. The van der Waals surface area contributed by atoms with E-state index >= 15 is 0 Å². The third kappa shape index (κ3) is 8.59. The van der Waals surface area contributed by atoms with E-state index in [4.69, 9.17) is 9.47 Å². The van der Waals surface area contributed by atoms with Gasteiger partial charge < -0.3 is 24.7 Å². The van der Waals surface area contributed by atoms with Crippen LogP contribution in [-0.4, -0.2) is 115 Å². The average molecular weight is 708 g/mol. The second-order valence-electron chi connectivity index (χ2n) is 13.6. The molecule has 0 radical (unpaired) electrons. The van der Waals surface area contributed by atoms with E-state index in [9.17, 15) is 18.8 Å². The second kappa shape index (κ2) is 16.1. The first kappa shape index (κ1) is 34.7. The first-order valence-corrected chi connectivity index (χ1v) is 18.9. The number of aromatic amines is 1. The number of nitrogens with zero attached hydrogens (tertiary/aromatic N) is 4. The molecule has 14 heteroatoms. The zero-order valence-corrected chi connectivity index (χ0v) is 29.1. The number of amides is 2. The van der Waals surface area contributed by atoms with Crippen molar-refractivity contribution in [3.8, 4) is 5.75 Å². The van der Waals surface area contributed by atoms with E-state index in [0.29, 0.717) is 53.6 Å². The van der Waals surface area contributed by atoms with Gasteiger partial charge in [0.15, 0.2) is 0 Å². The molecule has 4 fully saturated rings. The minimum Gasteiger partial charge on any atom is -0.492 e. The van der Waals surface area contributed by atoms with Crippen LogP contribution in [0.2, 0.25) is 0 Å². The fourth-order valence-electron chi connectivity index (χ4n) is 7.37. The van der Waals surface area contributed by atoms with Gasteiger partial charge >= 0.3 is 0 Å². The maximum Gasteiger partial charge on any atom is 0.261 e. The van der Waals surface area contributed by atoms with E-state index in [1.807, 2.05) is 12.1 Å². The molecule has 5 heterocycles. The average Bonchev–Trinajstić information content (AvgIpc) is 3.13. The normalized spacial score (nSPS) is 21.8. The van der Waals surface area contributed by atoms with E-state index in [0.717, 1.165) is 90.4 Å². The molecule has 0 bridgehead atoms. The molecular formula is C36H46FN7O5S. The fourth-order valence-corrected chi connectivity index (χ4v) is 8.43. The van der Waals surface area contributed by atoms with E-state index in [1.165, 1.54) is 11.8 Å². The number of benzene rings is 2. The number of H-pyrrole nitrogens is 1. The second-order valence-corrected chi connectivity index (χ2v) is 14.9. The van der Waals surface area contributed by atoms with Gasteiger partial charge in [-0.3, -0.25) is 29.5 Å². The van der Waals surface area contributed by atoms with Crippen LogP contribution in [0, 0.1) is 5.82 Å². The van der Waals surface area contributed by atoms with Crippen molar-refractivity contribution in [2.75, 3.05) is 75.9 Å². The number of nitrogens with one attached hydrogen (secondary N) is 3. The van der Waals surface area contributed by atoms with Crippen LogP contribution in [0.25, 0.3) is 10.9 Å². The predicted octanol–water partition coefficient (Wildman–Crippen LogP) is 3.36. The summed E-state index contributed by atoms with van der Waals surface area (Å²) in [5.74, 6) is 0.417. The molecule has 3 N–H and O–H groups in total. The van der Waals surface area contributed by atoms with Crippen LogP contribution in [0.1, 0.15) is 44.3 Å². The summed E-state index contributed by atoms with van der Waals surface area (Å²) in [4.78, 5) is 50.9. The molecule has 1 unspecified atom stereocenters. The van der Waals surface area contributed by atoms with Gasteiger partial charge in [0, 0.05) is 100 Å². The molecule has 1 atom stereocenters. The lowest BCUT2D eigenvalue weighted by Gasteiger charge is -2.43. The standard InChI is InChI=1S/C36H46FN7O5S/c37-29-21-27(22-31-34(29)36(47)40-32(39-31)23-50-28-9-18-48-19-10-28)49-20-17-42-13-15-44(16-14-42)26-7-11-43(12-8-26)25-3-1-24(2-4-25)38-30-5-6-33(45)41-35(30)46/h1-4,21-22,26,28,30,38H,5-20,23H2,(H,39,40,47)(H,41,45,46). The zero-order valence-electron chi connectivity index (χ0n) is 28.3. The Kier molecular flexibility index (Phi) is 11.2. The summed E-state index contributed by atoms with van der Waals surface area (Å²) in [5.41, 5.74) is 1.93. The summed E-state index contributed by atoms with van der Waals surface area (Å²) < 4.78 is 26.4. The number of halogens is 1. The molecule has 12 nitrogen and oxygen atoms in total. The Bertz CT molecular complexity index is 1700. The van der Waals surface area contributed by atoms with E-state index in [-0.39, 0.29) is 23.2 Å². The molecule has 268 valence electrons. The van der Waals surface area contributed by atoms with Crippen LogP contribution >= 0.6 is 11.8 Å². The molecule has 4 aliphatic heterocycles. The minimum atomic E-state index is -0.617. The van der Waals surface area contributed by atoms with Gasteiger partial charge in [0.05, 0.1) is 11.3 Å². The van der Waals surface area contributed by atoms with Gasteiger partial charge in [-0.05, 0) is 56.4 Å². The van der Waals surface area contributed by atoms with Gasteiger partial charge in [0.25, 0.3) is 5.56 Å². The van der Waals surface area contributed by atoms with Gasteiger partial charge in [-0.25, -0.2) is 9.37 Å². The Balaban J connectivity index is 0.832. The van der Waals surface area contributed by atoms with Crippen molar-refractivity contribution < 1.29 is 23.5 Å². The summed E-state index contributed by atoms with van der Waals surface area (Å²) in [6, 6.07) is 11.4. The van der Waals surface area contributed by atoms with Crippen LogP contribution in [0.15, 0.2) is 41.2 Å². The number of rotatable bonds is 11. The molecule has 3 aromatic rings. The summed E-state index contributed by atoms with van der Waals surface area (Å²) >= 11 is 1.75. The van der Waals surface area contributed by atoms with Crippen molar-refractivity contribution in [1.29, 1.82) is 0 Å². The Morgan fingerprint density at radius 1 is 0.960 bits per heavy atom. The molecule has 4 saturated heterocycles. The van der Waals surface area contributed by atoms with Crippen LogP contribution < -0.4 is 25.8 Å². The number of hydrogen-bond donors (Lipinski definition) is 3. The molecule has 0 saturated carbocycles. The number of ether oxygens (including phenoxy) is 2. The Morgan fingerprint density at radius 3 is 2.46 bits per heavy atom. The highest BCUT2D eigenvalue weighted by atomic mass is 32.2. The maximum atomic E-state index is 15.0. The number of piperazine rings is 1. The lowest BCUT2D eigenvalue weighted by Crippen LogP contribution is -2.53. The zero-order chi connectivity index (χ0) is 34.5. The number of anilines is 2. The number of imide groups is 1. The Labute approximate surface area is 295 Å². The van der Waals surface area contributed by atoms with Gasteiger partial charge in [0.2, 0.25) is 11.8 Å². The molecule has 2 amide bonds. The predicted molar refractivity (Wildman–Crippen MR) is 192 cm³/mol. The highest BCUT2D eigenvalue weighted by molar-refractivity contribution is 7.99. The summed E-state index contributed by atoms with van der Waals surface area (Å²) in [6.45, 7) is 8.63. The van der Waals surface area contributed by atoms with Crippen molar-refractivity contribution >= 4 is 45.9 Å². The van der Waals surface area contributed by atoms with Crippen LogP contribution in [0.5, 0.6) is 5.75 Å². The Hall–Kier alpha value is -3.72. The third-order valence-electron chi connectivity index (χ3n) is 10.3. The third-order valence-corrected chi connectivity index (χ3v) is 11.7. The van der Waals surface area contributed by atoms with E-state index < -0.39 is 11.4 Å². The van der Waals surface area contributed by atoms with Crippen LogP contribution in [0.3, 0.4) is 0 Å². The molecule has 50 heavy (non-hydrogen) atoms. The SMILES string of the molecule is O=C1CCC(Nc2ccc(N3CCC(N4CCN(CCOc5cc(F)c6c(=O)[nH]c(CSC7CCOCC7)nc6c5)CC4)CC3)cc2)C(=O)N1. The molecule has 0 aliphatic carbocycles. The molecule has 7 rings (SSSR count). The van der Waals surface area contributed by atoms with Crippen molar-refractivity contribution in [3.63, 3.8) is 0 Å². The van der Waals surface area contributed by atoms with Crippen molar-refractivity contribution in [2.45, 2.75) is 61.6 Å². The van der Waals surface area contributed by atoms with E-state index in [1.54, 1.807) is 17.8 Å². The van der Waals surface area contributed by atoms with Crippen molar-refractivity contribution in [3.05, 3.63) is 58.4 Å². The number of aromatic nitrogens is 2. The molecule has 1 aromatic heterocycles. The number of hydrogen-bond acceptors (Lipinski definition) is 11. The highest BCUT2D eigenvalue weighted by Gasteiger charge is 2.29. The first-order chi connectivity index (χ1) is 24.4. The van der Waals surface area contributed by atoms with Gasteiger partial charge in [-0.2, -0.15) is 11.8 Å². The number of carbonyl (C=O) groups excluding carboxylic acids is 2. The van der Waals surface area contributed by atoms with Gasteiger partial charge in [-0.1, -0.05) is 0 Å². The highest BCUT2D eigenvalue weighted by Crippen LogP contribution is 2.27. The number of fused-ring (bicyclic) bond motifs is 1. The monoisotopic (exact) mass is 707 g/mol. The number of carbonyl (C=O) groups is 2. The van der Waals surface area contributed by atoms with Gasteiger partial charge in [0.1, 0.15) is 35.4 Å². The Morgan fingerprint density at radius 2 is 1.72 bits per heavy atom. The largest absolute Gasteiger partial charge is 0.492 e. The van der Waals surface area contributed by atoms with Crippen molar-refractivity contribution in [2.24, 2.45) is 0 Å². The smallest absolute Gasteiger partial charge is 0.261 e. The molecule has 2 aromatic carbocycles. The topological polar surface area (TPSA) is 132 Å². The van der Waals surface area contributed by atoms with Crippen LogP contribution in [0.4, 0.5) is 15.8 Å². The summed E-state index contributed by atoms with van der Waals surface area (Å²) in [5, 5.41) is 6.08. The maximum absolute atomic E-state index is 15.0. The fraction of sp³-hybridized carbons (Fsp3) is 0.556. The molecule has 4 aliphatic rings. The molecular weight excluding hydrogens is 662 g/mol. The van der Waals surface area contributed by atoms with E-state index in [2.05, 4.69) is 47.4 Å². The first-order valence-electron chi connectivity index (χ1n) is 17.8. The molecule has 0 spiro atoms. The summed E-state index contributed by atoms with van der Waals surface area (Å²) in [7, 11) is 0. The lowest BCUT2D eigenvalue weighted by atomic mass is 10.0. The number of piperidine rings is 2. The minimum absolute atomic E-state index is 0.0311. The quantitative estimate of drug-likeness (QED) is 0.254. The van der Waals surface area contributed by atoms with Crippen LogP contribution in [-0.2, 0) is 20.1 Å². The van der Waals surface area contributed by atoms with Gasteiger partial charge in [-0.15, -0.1) is 0 Å².